The number of hydrogen-bond donors (Lipinski definition) is 3. The molecule has 5 heteroatoms. The zero-order valence-electron chi connectivity index (χ0n) is 15.0. The number of benzene rings is 1. The number of phenols is 1. The van der Waals surface area contributed by atoms with Gasteiger partial charge in [0, 0.05) is 18.2 Å². The van der Waals surface area contributed by atoms with Gasteiger partial charge in [-0.05, 0) is 69.0 Å². The summed E-state index contributed by atoms with van der Waals surface area (Å²) in [5.74, 6) is 1.44. The van der Waals surface area contributed by atoms with E-state index in [1.54, 1.807) is 6.07 Å². The number of aliphatic hydroxyl groups excluding tert-OH is 1. The zero-order valence-corrected chi connectivity index (χ0v) is 15.0. The van der Waals surface area contributed by atoms with Gasteiger partial charge >= 0.3 is 0 Å². The lowest BCUT2D eigenvalue weighted by molar-refractivity contribution is -0.177. The maximum absolute atomic E-state index is 12.2. The highest BCUT2D eigenvalue weighted by Gasteiger charge is 2.71. The Morgan fingerprint density at radius 3 is 2.85 bits per heavy atom. The molecule has 2 heterocycles. The molecule has 6 rings (SSSR count). The van der Waals surface area contributed by atoms with E-state index in [0.717, 1.165) is 43.8 Å². The molecule has 1 saturated heterocycles. The molecule has 1 aromatic rings. The molecule has 2 saturated carbocycles. The van der Waals surface area contributed by atoms with Crippen molar-refractivity contribution in [1.82, 2.24) is 4.90 Å². The van der Waals surface area contributed by atoms with Crippen molar-refractivity contribution >= 4 is 0 Å². The van der Waals surface area contributed by atoms with E-state index >= 15 is 0 Å². The molecule has 5 nitrogen and oxygen atoms in total. The summed E-state index contributed by atoms with van der Waals surface area (Å²) in [6, 6.07) is 3.80. The van der Waals surface area contributed by atoms with Crippen LogP contribution in [0.5, 0.6) is 11.5 Å². The van der Waals surface area contributed by atoms with Gasteiger partial charge < -0.3 is 20.1 Å². The topological polar surface area (TPSA) is 73.2 Å². The number of phenolic OH excluding ortho intramolecular Hbond substituents is 1. The quantitative estimate of drug-likeness (QED) is 0.751. The van der Waals surface area contributed by atoms with Crippen LogP contribution in [0.15, 0.2) is 12.1 Å². The number of rotatable bonds is 2. The minimum absolute atomic E-state index is 0.0761. The zero-order chi connectivity index (χ0) is 17.7. The van der Waals surface area contributed by atoms with Crippen LogP contribution in [0.1, 0.15) is 49.7 Å². The van der Waals surface area contributed by atoms with Crippen LogP contribution in [0.2, 0.25) is 0 Å². The number of aromatic hydroxyl groups is 1. The summed E-state index contributed by atoms with van der Waals surface area (Å²) in [7, 11) is 0. The van der Waals surface area contributed by atoms with Gasteiger partial charge in [-0.3, -0.25) is 4.90 Å². The predicted octanol–water partition coefficient (Wildman–Crippen LogP) is 1.71. The molecule has 0 unspecified atom stereocenters. The van der Waals surface area contributed by atoms with E-state index in [-0.39, 0.29) is 11.8 Å². The SMILES string of the molecule is Oc1ccc2c3c1O[C@H]1[C@H](O)CC[C@@]4(O)[C@@H](C2)N(CC2CC2)CCC[C@]314. The number of nitrogens with zero attached hydrogens (tertiary/aromatic N) is 1. The van der Waals surface area contributed by atoms with Crippen molar-refractivity contribution in [2.45, 2.75) is 74.2 Å². The minimum Gasteiger partial charge on any atom is -0.504 e. The highest BCUT2D eigenvalue weighted by molar-refractivity contribution is 5.62. The summed E-state index contributed by atoms with van der Waals surface area (Å²) in [4.78, 5) is 2.54. The van der Waals surface area contributed by atoms with Crippen LogP contribution in [0.25, 0.3) is 0 Å². The van der Waals surface area contributed by atoms with Crippen molar-refractivity contribution < 1.29 is 20.1 Å². The third-order valence-corrected chi connectivity index (χ3v) is 7.95. The highest BCUT2D eigenvalue weighted by Crippen LogP contribution is 2.65. The third kappa shape index (κ3) is 1.73. The molecule has 3 fully saturated rings. The van der Waals surface area contributed by atoms with Crippen LogP contribution >= 0.6 is 0 Å². The summed E-state index contributed by atoms with van der Waals surface area (Å²) < 4.78 is 6.19. The number of likely N-dealkylation sites (tertiary alicyclic amines) is 1. The van der Waals surface area contributed by atoms with Gasteiger partial charge in [-0.15, -0.1) is 0 Å². The van der Waals surface area contributed by atoms with E-state index in [9.17, 15) is 15.3 Å². The number of hydrogen-bond acceptors (Lipinski definition) is 5. The summed E-state index contributed by atoms with van der Waals surface area (Å²) in [6.45, 7) is 2.08. The fourth-order valence-electron chi connectivity index (χ4n) is 6.70. The predicted molar refractivity (Wildman–Crippen MR) is 95.4 cm³/mol. The third-order valence-electron chi connectivity index (χ3n) is 7.95. The second-order valence-electron chi connectivity index (χ2n) is 9.25. The molecule has 140 valence electrons. The Morgan fingerprint density at radius 2 is 2.04 bits per heavy atom. The number of aliphatic hydroxyl groups is 2. The van der Waals surface area contributed by atoms with Crippen LogP contribution < -0.4 is 4.74 Å². The van der Waals surface area contributed by atoms with Crippen molar-refractivity contribution in [3.63, 3.8) is 0 Å². The normalized spacial score (nSPS) is 43.5. The lowest BCUT2D eigenvalue weighted by Gasteiger charge is -2.58. The first-order valence-corrected chi connectivity index (χ1v) is 10.2. The first kappa shape index (κ1) is 15.7. The van der Waals surface area contributed by atoms with E-state index in [2.05, 4.69) is 4.90 Å². The molecule has 1 spiro atoms. The van der Waals surface area contributed by atoms with Gasteiger partial charge in [0.2, 0.25) is 0 Å². The fraction of sp³-hybridized carbons (Fsp3) is 0.714. The molecule has 5 aliphatic rings. The molecule has 0 radical (unpaired) electrons. The van der Waals surface area contributed by atoms with Gasteiger partial charge in [-0.1, -0.05) is 6.07 Å². The Labute approximate surface area is 153 Å². The number of ether oxygens (including phenoxy) is 1. The molecular formula is C21H27NO4. The first-order chi connectivity index (χ1) is 12.5. The monoisotopic (exact) mass is 357 g/mol. The first-order valence-electron chi connectivity index (χ1n) is 10.2. The summed E-state index contributed by atoms with van der Waals surface area (Å²) >= 11 is 0. The van der Waals surface area contributed by atoms with Crippen molar-refractivity contribution in [2.24, 2.45) is 5.92 Å². The van der Waals surface area contributed by atoms with Gasteiger partial charge in [-0.25, -0.2) is 0 Å². The average Bonchev–Trinajstić information content (AvgIpc) is 3.36. The van der Waals surface area contributed by atoms with Gasteiger partial charge in [-0.2, -0.15) is 0 Å². The van der Waals surface area contributed by atoms with E-state index in [4.69, 9.17) is 4.74 Å². The van der Waals surface area contributed by atoms with Crippen LogP contribution in [-0.2, 0) is 11.8 Å². The molecule has 0 aromatic heterocycles. The van der Waals surface area contributed by atoms with Crippen molar-refractivity contribution in [3.05, 3.63) is 23.3 Å². The Bertz CT molecular complexity index is 778. The van der Waals surface area contributed by atoms with Gasteiger partial charge in [0.05, 0.1) is 17.1 Å². The fourth-order valence-corrected chi connectivity index (χ4v) is 6.70. The second-order valence-corrected chi connectivity index (χ2v) is 9.25. The van der Waals surface area contributed by atoms with Gasteiger partial charge in [0.25, 0.3) is 0 Å². The van der Waals surface area contributed by atoms with Crippen molar-refractivity contribution in [3.8, 4) is 11.5 Å². The minimum atomic E-state index is -0.895. The molecule has 5 atom stereocenters. The second kappa shape index (κ2) is 4.94. The van der Waals surface area contributed by atoms with Crippen LogP contribution in [-0.4, -0.2) is 57.2 Å². The summed E-state index contributed by atoms with van der Waals surface area (Å²) in [5.41, 5.74) is 0.698. The average molecular weight is 357 g/mol. The van der Waals surface area contributed by atoms with E-state index in [0.29, 0.717) is 18.6 Å². The highest BCUT2D eigenvalue weighted by atomic mass is 16.5. The van der Waals surface area contributed by atoms with Crippen LogP contribution in [0.3, 0.4) is 0 Å². The molecule has 1 aromatic carbocycles. The Hall–Kier alpha value is -1.30. The largest absolute Gasteiger partial charge is 0.504 e. The summed E-state index contributed by atoms with van der Waals surface area (Å²) in [6.07, 6.45) is 5.35. The van der Waals surface area contributed by atoms with E-state index in [1.165, 1.54) is 18.4 Å². The lowest BCUT2D eigenvalue weighted by atomic mass is 9.50. The smallest absolute Gasteiger partial charge is 0.165 e. The van der Waals surface area contributed by atoms with Crippen LogP contribution in [0.4, 0.5) is 0 Å². The lowest BCUT2D eigenvalue weighted by Crippen LogP contribution is -2.72. The maximum atomic E-state index is 12.2. The molecule has 3 N–H and O–H groups in total. The summed E-state index contributed by atoms with van der Waals surface area (Å²) in [5, 5.41) is 33.4. The molecule has 2 aliphatic heterocycles. The maximum Gasteiger partial charge on any atom is 0.165 e. The van der Waals surface area contributed by atoms with Crippen LogP contribution in [0, 0.1) is 5.92 Å². The molecule has 0 amide bonds. The standard InChI is InChI=1S/C21H27NO4/c23-14-5-4-13-10-16-21(25)8-6-15(24)19-20(21,17(13)18(14)26-19)7-1-9-22(16)11-12-2-3-12/h4-5,12,15-16,19,23-25H,1-3,6-11H2/t15-,16-,19+,20+,21-/m1/s1. The van der Waals surface area contributed by atoms with Gasteiger partial charge in [0.15, 0.2) is 11.5 Å². The Kier molecular flexibility index (Phi) is 2.99. The Morgan fingerprint density at radius 1 is 1.19 bits per heavy atom. The van der Waals surface area contributed by atoms with E-state index in [1.807, 2.05) is 6.07 Å². The Balaban J connectivity index is 1.58. The van der Waals surface area contributed by atoms with Crippen molar-refractivity contribution in [1.29, 1.82) is 0 Å². The van der Waals surface area contributed by atoms with Gasteiger partial charge in [0.1, 0.15) is 6.10 Å². The van der Waals surface area contributed by atoms with E-state index < -0.39 is 23.2 Å². The molecule has 2 bridgehead atoms. The molecule has 26 heavy (non-hydrogen) atoms. The van der Waals surface area contributed by atoms with Crippen molar-refractivity contribution in [2.75, 3.05) is 13.1 Å². The molecular weight excluding hydrogens is 330 g/mol. The molecule has 3 aliphatic carbocycles.